The van der Waals surface area contributed by atoms with Crippen molar-refractivity contribution in [2.45, 2.75) is 24.3 Å². The van der Waals surface area contributed by atoms with E-state index < -0.39 is 28.3 Å². The van der Waals surface area contributed by atoms with Gasteiger partial charge in [0.05, 0.1) is 17.4 Å². The third-order valence-electron chi connectivity index (χ3n) is 6.76. The number of hydrogen-bond donors (Lipinski definition) is 2. The predicted molar refractivity (Wildman–Crippen MR) is 147 cm³/mol. The molecule has 4 aromatic carbocycles. The van der Waals surface area contributed by atoms with Gasteiger partial charge in [-0.1, -0.05) is 91.0 Å². The number of non-ortho nitro benzene ring substituents is 1. The molecule has 1 amide bonds. The third-order valence-corrected chi connectivity index (χ3v) is 6.76. The van der Waals surface area contributed by atoms with Gasteiger partial charge in [-0.05, 0) is 22.8 Å². The summed E-state index contributed by atoms with van der Waals surface area (Å²) < 4.78 is 5.29. The molecule has 0 aliphatic heterocycles. The minimum atomic E-state index is -1.34. The molecule has 8 heteroatoms. The zero-order valence-electron chi connectivity index (χ0n) is 21.3. The molecule has 4 rings (SSSR count). The van der Waals surface area contributed by atoms with E-state index in [0.717, 1.165) is 16.7 Å². The number of nitro groups is 1. The topological polar surface area (TPSA) is 119 Å². The van der Waals surface area contributed by atoms with Gasteiger partial charge < -0.3 is 15.2 Å². The fourth-order valence-corrected chi connectivity index (χ4v) is 4.92. The number of methoxy groups -OCH3 is 1. The largest absolute Gasteiger partial charge is 0.496 e. The highest BCUT2D eigenvalue weighted by Crippen LogP contribution is 2.42. The van der Waals surface area contributed by atoms with Crippen LogP contribution in [0.5, 0.6) is 5.75 Å². The number of ether oxygens (including phenoxy) is 1. The summed E-state index contributed by atoms with van der Waals surface area (Å²) in [5, 5.41) is 23.9. The van der Waals surface area contributed by atoms with Crippen molar-refractivity contribution in [3.8, 4) is 5.75 Å². The second-order valence-electron chi connectivity index (χ2n) is 9.10. The molecule has 0 bridgehead atoms. The van der Waals surface area contributed by atoms with E-state index in [0.29, 0.717) is 11.3 Å². The lowest BCUT2D eigenvalue weighted by atomic mass is 9.67. The summed E-state index contributed by atoms with van der Waals surface area (Å²) in [6.07, 6.45) is -0.262. The first-order valence-corrected chi connectivity index (χ1v) is 12.3. The Labute approximate surface area is 226 Å². The van der Waals surface area contributed by atoms with E-state index in [9.17, 15) is 24.8 Å². The molecule has 0 unspecified atom stereocenters. The lowest BCUT2D eigenvalue weighted by Crippen LogP contribution is -2.45. The minimum Gasteiger partial charge on any atom is -0.496 e. The summed E-state index contributed by atoms with van der Waals surface area (Å²) in [4.78, 5) is 36.7. The molecular formula is C31H28N2O6. The van der Waals surface area contributed by atoms with E-state index in [1.54, 1.807) is 0 Å². The second-order valence-corrected chi connectivity index (χ2v) is 9.10. The highest BCUT2D eigenvalue weighted by atomic mass is 16.6. The number of carboxylic acid groups (broad SMARTS) is 1. The lowest BCUT2D eigenvalue weighted by molar-refractivity contribution is -0.384. The maximum Gasteiger partial charge on any atom is 0.326 e. The Morgan fingerprint density at radius 1 is 0.872 bits per heavy atom. The Morgan fingerprint density at radius 3 is 1.77 bits per heavy atom. The molecule has 0 aliphatic rings. The number of amides is 1. The van der Waals surface area contributed by atoms with Crippen molar-refractivity contribution in [1.29, 1.82) is 0 Å². The Kier molecular flexibility index (Phi) is 8.36. The third kappa shape index (κ3) is 5.96. The van der Waals surface area contributed by atoms with Gasteiger partial charge in [0, 0.05) is 30.5 Å². The lowest BCUT2D eigenvalue weighted by Gasteiger charge is -2.36. The first-order chi connectivity index (χ1) is 18.8. The van der Waals surface area contributed by atoms with E-state index in [1.807, 2.05) is 91.0 Å². The van der Waals surface area contributed by atoms with Crippen molar-refractivity contribution in [3.05, 3.63) is 142 Å². The summed E-state index contributed by atoms with van der Waals surface area (Å²) in [6.45, 7) is 0. The quantitative estimate of drug-likeness (QED) is 0.159. The van der Waals surface area contributed by atoms with Gasteiger partial charge in [-0.15, -0.1) is 0 Å². The van der Waals surface area contributed by atoms with Crippen LogP contribution in [0.4, 0.5) is 5.69 Å². The van der Waals surface area contributed by atoms with Crippen LogP contribution in [0, 0.1) is 10.1 Å². The molecule has 39 heavy (non-hydrogen) atoms. The van der Waals surface area contributed by atoms with Gasteiger partial charge in [0.15, 0.2) is 0 Å². The highest BCUT2D eigenvalue weighted by molar-refractivity contribution is 5.86. The molecule has 0 fully saturated rings. The van der Waals surface area contributed by atoms with Gasteiger partial charge in [-0.25, -0.2) is 4.79 Å². The predicted octanol–water partition coefficient (Wildman–Crippen LogP) is 5.14. The molecule has 0 heterocycles. The molecule has 0 saturated carbocycles. The fourth-order valence-electron chi connectivity index (χ4n) is 4.92. The van der Waals surface area contributed by atoms with Gasteiger partial charge in [0.1, 0.15) is 11.8 Å². The number of benzene rings is 4. The first-order valence-electron chi connectivity index (χ1n) is 12.3. The number of hydrogen-bond acceptors (Lipinski definition) is 5. The van der Waals surface area contributed by atoms with Gasteiger partial charge in [-0.2, -0.15) is 0 Å². The maximum atomic E-state index is 13.7. The number of carbonyl (C=O) groups excluding carboxylic acids is 1. The summed E-state index contributed by atoms with van der Waals surface area (Å²) in [5.41, 5.74) is 1.84. The van der Waals surface area contributed by atoms with Crippen molar-refractivity contribution < 1.29 is 24.4 Å². The van der Waals surface area contributed by atoms with Crippen LogP contribution in [0.2, 0.25) is 0 Å². The van der Waals surface area contributed by atoms with Crippen LogP contribution >= 0.6 is 0 Å². The number of rotatable bonds is 11. The van der Waals surface area contributed by atoms with Gasteiger partial charge in [0.25, 0.3) is 5.69 Å². The van der Waals surface area contributed by atoms with Gasteiger partial charge in [0.2, 0.25) is 5.91 Å². The van der Waals surface area contributed by atoms with E-state index in [-0.39, 0.29) is 18.5 Å². The molecule has 0 saturated heterocycles. The van der Waals surface area contributed by atoms with E-state index >= 15 is 0 Å². The van der Waals surface area contributed by atoms with Crippen molar-refractivity contribution >= 4 is 17.6 Å². The molecule has 0 spiro atoms. The van der Waals surface area contributed by atoms with Crippen LogP contribution in [-0.2, 0) is 21.4 Å². The number of carbonyl (C=O) groups is 2. The average molecular weight is 525 g/mol. The van der Waals surface area contributed by atoms with Crippen LogP contribution in [0.3, 0.4) is 0 Å². The Balaban J connectivity index is 1.73. The minimum absolute atomic E-state index is 0.0686. The standard InChI is InChI=1S/C31H28N2O6/c1-39-28-18-17-26(33(37)38)19-22(28)20-27(30(35)36)32-29(34)21-31(23-11-5-2-6-12-23,24-13-7-3-8-14-24)25-15-9-4-10-16-25/h2-19,27H,20-21H2,1H3,(H,32,34)(H,35,36)/t27-/m1/s1. The zero-order valence-corrected chi connectivity index (χ0v) is 21.3. The Bertz CT molecular complexity index is 1350. The molecule has 8 nitrogen and oxygen atoms in total. The summed E-state index contributed by atoms with van der Waals surface area (Å²) >= 11 is 0. The Hall–Kier alpha value is -4.98. The van der Waals surface area contributed by atoms with E-state index in [2.05, 4.69) is 5.32 Å². The van der Waals surface area contributed by atoms with Crippen LogP contribution < -0.4 is 10.1 Å². The summed E-state index contributed by atoms with van der Waals surface area (Å²) in [6, 6.07) is 31.5. The fraction of sp³-hybridized carbons (Fsp3) is 0.161. The molecule has 198 valence electrons. The molecule has 4 aromatic rings. The zero-order chi connectivity index (χ0) is 27.8. The number of nitrogens with one attached hydrogen (secondary N) is 1. The normalized spacial score (nSPS) is 11.8. The molecule has 1 atom stereocenters. The van der Waals surface area contributed by atoms with Crippen molar-refractivity contribution in [3.63, 3.8) is 0 Å². The van der Waals surface area contributed by atoms with Crippen LogP contribution in [-0.4, -0.2) is 35.1 Å². The summed E-state index contributed by atoms with van der Waals surface area (Å²) in [7, 11) is 1.40. The number of nitrogens with zero attached hydrogens (tertiary/aromatic N) is 1. The number of nitro benzene ring substituents is 1. The van der Waals surface area contributed by atoms with Crippen LogP contribution in [0.25, 0.3) is 0 Å². The van der Waals surface area contributed by atoms with Crippen LogP contribution in [0.1, 0.15) is 28.7 Å². The SMILES string of the molecule is COc1ccc([N+](=O)[O-])cc1C[C@@H](NC(=O)CC(c1ccccc1)(c1ccccc1)c1ccccc1)C(=O)O. The molecule has 2 N–H and O–H groups in total. The number of aliphatic carboxylic acids is 1. The number of carboxylic acids is 1. The van der Waals surface area contributed by atoms with Gasteiger partial charge in [-0.3, -0.25) is 14.9 Å². The average Bonchev–Trinajstić information content (AvgIpc) is 2.96. The van der Waals surface area contributed by atoms with E-state index in [1.165, 1.54) is 25.3 Å². The van der Waals surface area contributed by atoms with Crippen molar-refractivity contribution in [1.82, 2.24) is 5.32 Å². The van der Waals surface area contributed by atoms with Crippen LogP contribution in [0.15, 0.2) is 109 Å². The molecule has 0 aliphatic carbocycles. The molecule has 0 aromatic heterocycles. The van der Waals surface area contributed by atoms with Crippen molar-refractivity contribution in [2.24, 2.45) is 0 Å². The summed E-state index contributed by atoms with van der Waals surface area (Å²) in [5.74, 6) is -1.45. The second kappa shape index (κ2) is 12.0. The molecule has 0 radical (unpaired) electrons. The smallest absolute Gasteiger partial charge is 0.326 e. The Morgan fingerprint density at radius 2 is 1.36 bits per heavy atom. The maximum absolute atomic E-state index is 13.7. The van der Waals surface area contributed by atoms with E-state index in [4.69, 9.17) is 4.74 Å². The van der Waals surface area contributed by atoms with Crippen molar-refractivity contribution in [2.75, 3.05) is 7.11 Å². The van der Waals surface area contributed by atoms with Gasteiger partial charge >= 0.3 is 5.97 Å². The monoisotopic (exact) mass is 524 g/mol. The molecular weight excluding hydrogens is 496 g/mol. The highest BCUT2D eigenvalue weighted by Gasteiger charge is 2.39. The first kappa shape index (κ1) is 27.1.